The van der Waals surface area contributed by atoms with Crippen LogP contribution in [0.5, 0.6) is 0 Å². The highest BCUT2D eigenvalue weighted by atomic mass is 32.1. The van der Waals surface area contributed by atoms with Gasteiger partial charge in [-0.25, -0.2) is 0 Å². The van der Waals surface area contributed by atoms with E-state index in [1.54, 1.807) is 36.4 Å². The summed E-state index contributed by atoms with van der Waals surface area (Å²) in [7, 11) is 0. The minimum atomic E-state index is -0.261. The van der Waals surface area contributed by atoms with Crippen molar-refractivity contribution in [2.24, 2.45) is 0 Å². The molecule has 0 fully saturated rings. The fourth-order valence-electron chi connectivity index (χ4n) is 2.66. The molecule has 0 spiro atoms. The first-order chi connectivity index (χ1) is 13.7. The largest absolute Gasteiger partial charge is 0.332 e. The first kappa shape index (κ1) is 22.6. The van der Waals surface area contributed by atoms with Gasteiger partial charge in [-0.05, 0) is 66.0 Å². The van der Waals surface area contributed by atoms with Crippen molar-refractivity contribution in [1.29, 1.82) is 0 Å². The second-order valence-electron chi connectivity index (χ2n) is 7.96. The lowest BCUT2D eigenvalue weighted by Crippen LogP contribution is -2.34. The standard InChI is InChI=1S/C23H29N3O2S/c1-5-6-7-20(27)24-18-12-14-19(15-13-18)25-22(29)26-21(28)16-8-10-17(11-9-16)23(2,3)4/h8-15H,5-7H2,1-4H3,(H,24,27)(H2,25,26,28,29). The Morgan fingerprint density at radius 3 is 1.97 bits per heavy atom. The molecule has 0 saturated carbocycles. The van der Waals surface area contributed by atoms with E-state index in [0.717, 1.165) is 29.8 Å². The van der Waals surface area contributed by atoms with E-state index in [1.807, 2.05) is 12.1 Å². The Kier molecular flexibility index (Phi) is 7.91. The van der Waals surface area contributed by atoms with E-state index >= 15 is 0 Å². The van der Waals surface area contributed by atoms with E-state index in [2.05, 4.69) is 43.6 Å². The number of benzene rings is 2. The molecule has 0 aromatic heterocycles. The lowest BCUT2D eigenvalue weighted by molar-refractivity contribution is -0.116. The van der Waals surface area contributed by atoms with Crippen molar-refractivity contribution in [3.8, 4) is 0 Å². The summed E-state index contributed by atoms with van der Waals surface area (Å²) in [4.78, 5) is 24.2. The summed E-state index contributed by atoms with van der Waals surface area (Å²) in [5.41, 5.74) is 3.20. The molecule has 0 unspecified atom stereocenters. The second kappa shape index (κ2) is 10.2. The number of amides is 2. The van der Waals surface area contributed by atoms with E-state index < -0.39 is 0 Å². The number of thiocarbonyl (C=S) groups is 1. The Hall–Kier alpha value is -2.73. The predicted molar refractivity (Wildman–Crippen MR) is 123 cm³/mol. The molecule has 0 saturated heterocycles. The Morgan fingerprint density at radius 1 is 0.897 bits per heavy atom. The van der Waals surface area contributed by atoms with Gasteiger partial charge in [0.25, 0.3) is 5.91 Å². The molecule has 3 N–H and O–H groups in total. The summed E-state index contributed by atoms with van der Waals surface area (Å²) < 4.78 is 0. The van der Waals surface area contributed by atoms with Crippen LogP contribution in [0, 0.1) is 0 Å². The molecule has 0 aliphatic rings. The van der Waals surface area contributed by atoms with E-state index in [0.29, 0.717) is 12.0 Å². The maximum atomic E-state index is 12.4. The molecule has 5 nitrogen and oxygen atoms in total. The van der Waals surface area contributed by atoms with Gasteiger partial charge in [-0.1, -0.05) is 46.2 Å². The fraction of sp³-hybridized carbons (Fsp3) is 0.348. The van der Waals surface area contributed by atoms with Crippen LogP contribution >= 0.6 is 12.2 Å². The van der Waals surface area contributed by atoms with Crippen LogP contribution in [0.4, 0.5) is 11.4 Å². The number of hydrogen-bond acceptors (Lipinski definition) is 3. The molecule has 0 aliphatic heterocycles. The molecule has 0 radical (unpaired) electrons. The Bertz CT molecular complexity index is 853. The molecule has 2 rings (SSSR count). The fourth-order valence-corrected chi connectivity index (χ4v) is 2.87. The Morgan fingerprint density at radius 2 is 1.45 bits per heavy atom. The van der Waals surface area contributed by atoms with Crippen LogP contribution in [-0.2, 0) is 10.2 Å². The molecule has 0 bridgehead atoms. The van der Waals surface area contributed by atoms with Crippen LogP contribution in [0.1, 0.15) is 62.9 Å². The number of rotatable bonds is 6. The first-order valence-corrected chi connectivity index (χ1v) is 10.2. The van der Waals surface area contributed by atoms with Gasteiger partial charge in [0.15, 0.2) is 5.11 Å². The van der Waals surface area contributed by atoms with Gasteiger partial charge in [0.05, 0.1) is 0 Å². The predicted octanol–water partition coefficient (Wildman–Crippen LogP) is 5.24. The molecule has 0 aliphatic carbocycles. The second-order valence-corrected chi connectivity index (χ2v) is 8.37. The summed E-state index contributed by atoms with van der Waals surface area (Å²) in [6.45, 7) is 8.44. The first-order valence-electron chi connectivity index (χ1n) is 9.82. The smallest absolute Gasteiger partial charge is 0.257 e. The molecule has 29 heavy (non-hydrogen) atoms. The molecular weight excluding hydrogens is 382 g/mol. The van der Waals surface area contributed by atoms with Gasteiger partial charge in [-0.2, -0.15) is 0 Å². The summed E-state index contributed by atoms with van der Waals surface area (Å²) in [5, 5.41) is 8.74. The highest BCUT2D eigenvalue weighted by Gasteiger charge is 2.14. The molecular formula is C23H29N3O2S. The van der Waals surface area contributed by atoms with E-state index in [4.69, 9.17) is 12.2 Å². The van der Waals surface area contributed by atoms with Gasteiger partial charge in [0.2, 0.25) is 5.91 Å². The van der Waals surface area contributed by atoms with Gasteiger partial charge in [0, 0.05) is 23.4 Å². The summed E-state index contributed by atoms with van der Waals surface area (Å²) in [5.74, 6) is -0.254. The van der Waals surface area contributed by atoms with Crippen LogP contribution in [0.2, 0.25) is 0 Å². The van der Waals surface area contributed by atoms with E-state index in [9.17, 15) is 9.59 Å². The molecule has 2 amide bonds. The van der Waals surface area contributed by atoms with E-state index in [-0.39, 0.29) is 22.3 Å². The highest BCUT2D eigenvalue weighted by molar-refractivity contribution is 7.80. The quantitative estimate of drug-likeness (QED) is 0.569. The lowest BCUT2D eigenvalue weighted by atomic mass is 9.87. The third kappa shape index (κ3) is 7.31. The lowest BCUT2D eigenvalue weighted by Gasteiger charge is -2.19. The molecule has 0 heterocycles. The number of hydrogen-bond donors (Lipinski definition) is 3. The maximum Gasteiger partial charge on any atom is 0.257 e. The van der Waals surface area contributed by atoms with Crippen molar-refractivity contribution in [2.45, 2.75) is 52.4 Å². The Labute approximate surface area is 178 Å². The van der Waals surface area contributed by atoms with Gasteiger partial charge >= 0.3 is 0 Å². The van der Waals surface area contributed by atoms with Crippen molar-refractivity contribution in [1.82, 2.24) is 5.32 Å². The average molecular weight is 412 g/mol. The zero-order valence-corrected chi connectivity index (χ0v) is 18.3. The van der Waals surface area contributed by atoms with Crippen LogP contribution < -0.4 is 16.0 Å². The minimum Gasteiger partial charge on any atom is -0.332 e. The van der Waals surface area contributed by atoms with Crippen molar-refractivity contribution in [2.75, 3.05) is 10.6 Å². The SMILES string of the molecule is CCCCC(=O)Nc1ccc(NC(=S)NC(=O)c2ccc(C(C)(C)C)cc2)cc1. The maximum absolute atomic E-state index is 12.4. The van der Waals surface area contributed by atoms with Crippen molar-refractivity contribution >= 4 is 40.5 Å². The molecule has 2 aromatic rings. The number of carbonyl (C=O) groups excluding carboxylic acids is 2. The summed E-state index contributed by atoms with van der Waals surface area (Å²) >= 11 is 5.24. The summed E-state index contributed by atoms with van der Waals surface area (Å²) in [6.07, 6.45) is 2.38. The van der Waals surface area contributed by atoms with Crippen LogP contribution in [0.25, 0.3) is 0 Å². The number of anilines is 2. The van der Waals surface area contributed by atoms with Gasteiger partial charge < -0.3 is 10.6 Å². The monoisotopic (exact) mass is 411 g/mol. The third-order valence-electron chi connectivity index (χ3n) is 4.42. The number of unbranched alkanes of at least 4 members (excludes halogenated alkanes) is 1. The van der Waals surface area contributed by atoms with Crippen molar-refractivity contribution < 1.29 is 9.59 Å². The van der Waals surface area contributed by atoms with Gasteiger partial charge in [0.1, 0.15) is 0 Å². The van der Waals surface area contributed by atoms with Crippen LogP contribution in [0.3, 0.4) is 0 Å². The average Bonchev–Trinajstić information content (AvgIpc) is 2.67. The molecule has 2 aromatic carbocycles. The van der Waals surface area contributed by atoms with Gasteiger partial charge in [-0.3, -0.25) is 14.9 Å². The van der Waals surface area contributed by atoms with E-state index in [1.165, 1.54) is 0 Å². The third-order valence-corrected chi connectivity index (χ3v) is 4.63. The van der Waals surface area contributed by atoms with Gasteiger partial charge in [-0.15, -0.1) is 0 Å². The van der Waals surface area contributed by atoms with Crippen LogP contribution in [-0.4, -0.2) is 16.9 Å². The molecule has 6 heteroatoms. The minimum absolute atomic E-state index is 0.00724. The zero-order chi connectivity index (χ0) is 21.4. The number of carbonyl (C=O) groups is 2. The van der Waals surface area contributed by atoms with Crippen molar-refractivity contribution in [3.63, 3.8) is 0 Å². The highest BCUT2D eigenvalue weighted by Crippen LogP contribution is 2.22. The van der Waals surface area contributed by atoms with Crippen molar-refractivity contribution in [3.05, 3.63) is 59.7 Å². The normalized spacial score (nSPS) is 10.9. The van der Waals surface area contributed by atoms with Crippen LogP contribution in [0.15, 0.2) is 48.5 Å². The molecule has 154 valence electrons. The number of nitrogens with one attached hydrogen (secondary N) is 3. The Balaban J connectivity index is 1.88. The molecule has 0 atom stereocenters. The topological polar surface area (TPSA) is 70.2 Å². The zero-order valence-electron chi connectivity index (χ0n) is 17.5. The summed E-state index contributed by atoms with van der Waals surface area (Å²) in [6, 6.07) is 14.7.